The fourth-order valence-electron chi connectivity index (χ4n) is 1.98. The number of halogens is 1. The summed E-state index contributed by atoms with van der Waals surface area (Å²) >= 11 is 7.28. The number of hydrogen-bond acceptors (Lipinski definition) is 4. The summed E-state index contributed by atoms with van der Waals surface area (Å²) in [5.41, 5.74) is 0.566. The molecule has 1 N–H and O–H groups in total. The number of nitrogens with one attached hydrogen (secondary N) is 1. The predicted octanol–water partition coefficient (Wildman–Crippen LogP) is 2.61. The van der Waals surface area contributed by atoms with Crippen LogP contribution in [0.25, 0.3) is 16.3 Å². The molecule has 0 spiro atoms. The third-order valence-corrected chi connectivity index (χ3v) is 4.14. The molecule has 1 aromatic carbocycles. The smallest absolute Gasteiger partial charge is 0.297 e. The van der Waals surface area contributed by atoms with Gasteiger partial charge in [0.2, 0.25) is 5.13 Å². The van der Waals surface area contributed by atoms with Gasteiger partial charge in [-0.25, -0.2) is 14.3 Å². The lowest BCUT2D eigenvalue weighted by Crippen LogP contribution is -2.34. The highest BCUT2D eigenvalue weighted by Crippen LogP contribution is 2.22. The SMILES string of the molecule is Cc1csc(-n2c(=O)[nH]c(Cl)c(-c3ccccc3)c2=O)n1. The van der Waals surface area contributed by atoms with Gasteiger partial charge < -0.3 is 0 Å². The quantitative estimate of drug-likeness (QED) is 0.738. The van der Waals surface area contributed by atoms with E-state index in [0.717, 1.165) is 10.3 Å². The third kappa shape index (κ3) is 2.43. The summed E-state index contributed by atoms with van der Waals surface area (Å²) in [4.78, 5) is 31.4. The van der Waals surface area contributed by atoms with Gasteiger partial charge in [-0.05, 0) is 12.5 Å². The second-order valence-electron chi connectivity index (χ2n) is 4.40. The number of nitrogens with zero attached hydrogens (tertiary/aromatic N) is 2. The van der Waals surface area contributed by atoms with E-state index in [1.165, 1.54) is 11.3 Å². The van der Waals surface area contributed by atoms with Crippen molar-refractivity contribution in [2.24, 2.45) is 0 Å². The van der Waals surface area contributed by atoms with Crippen LogP contribution in [0.2, 0.25) is 5.15 Å². The standard InChI is InChI=1S/C14H10ClN3O2S/c1-8-7-21-14(16-8)18-12(19)10(11(15)17-13(18)20)9-5-3-2-4-6-9/h2-7H,1H3,(H,17,20). The molecule has 3 aromatic rings. The number of aromatic amines is 1. The van der Waals surface area contributed by atoms with E-state index in [9.17, 15) is 9.59 Å². The third-order valence-electron chi connectivity index (χ3n) is 2.92. The second kappa shape index (κ2) is 5.31. The molecule has 0 fully saturated rings. The van der Waals surface area contributed by atoms with Crippen molar-refractivity contribution in [2.75, 3.05) is 0 Å². The molecule has 5 nitrogen and oxygen atoms in total. The van der Waals surface area contributed by atoms with E-state index in [0.29, 0.717) is 10.7 Å². The van der Waals surface area contributed by atoms with Crippen molar-refractivity contribution in [1.82, 2.24) is 14.5 Å². The van der Waals surface area contributed by atoms with Crippen molar-refractivity contribution in [3.8, 4) is 16.3 Å². The largest absolute Gasteiger partial charge is 0.336 e. The lowest BCUT2D eigenvalue weighted by molar-refractivity contribution is 0.866. The number of aromatic nitrogens is 3. The van der Waals surface area contributed by atoms with Crippen LogP contribution in [-0.4, -0.2) is 14.5 Å². The molecule has 0 radical (unpaired) electrons. The topological polar surface area (TPSA) is 67.8 Å². The van der Waals surface area contributed by atoms with Gasteiger partial charge in [0.15, 0.2) is 0 Å². The van der Waals surface area contributed by atoms with Gasteiger partial charge in [0.1, 0.15) is 5.15 Å². The maximum absolute atomic E-state index is 12.6. The Morgan fingerprint density at radius 3 is 2.57 bits per heavy atom. The summed E-state index contributed by atoms with van der Waals surface area (Å²) in [6, 6.07) is 8.96. The molecule has 0 bridgehead atoms. The van der Waals surface area contributed by atoms with Gasteiger partial charge in [-0.15, -0.1) is 11.3 Å². The average Bonchev–Trinajstić information content (AvgIpc) is 2.85. The van der Waals surface area contributed by atoms with Crippen molar-refractivity contribution in [3.63, 3.8) is 0 Å². The van der Waals surface area contributed by atoms with E-state index >= 15 is 0 Å². The molecule has 0 unspecified atom stereocenters. The highest BCUT2D eigenvalue weighted by molar-refractivity contribution is 7.12. The number of benzene rings is 1. The van der Waals surface area contributed by atoms with Crippen LogP contribution in [0.5, 0.6) is 0 Å². The van der Waals surface area contributed by atoms with E-state index in [1.807, 2.05) is 6.07 Å². The molecule has 21 heavy (non-hydrogen) atoms. The first-order valence-electron chi connectivity index (χ1n) is 6.10. The molecule has 0 atom stereocenters. The number of hydrogen-bond donors (Lipinski definition) is 1. The lowest BCUT2D eigenvalue weighted by atomic mass is 10.1. The summed E-state index contributed by atoms with van der Waals surface area (Å²) in [5, 5.41) is 2.13. The van der Waals surface area contributed by atoms with Crippen molar-refractivity contribution in [1.29, 1.82) is 0 Å². The summed E-state index contributed by atoms with van der Waals surface area (Å²) < 4.78 is 1.01. The minimum atomic E-state index is -0.598. The van der Waals surface area contributed by atoms with Crippen molar-refractivity contribution in [3.05, 3.63) is 67.4 Å². The Labute approximate surface area is 128 Å². The van der Waals surface area contributed by atoms with E-state index in [4.69, 9.17) is 11.6 Å². The first-order chi connectivity index (χ1) is 10.1. The highest BCUT2D eigenvalue weighted by atomic mass is 35.5. The summed E-state index contributed by atoms with van der Waals surface area (Å²) in [7, 11) is 0. The molecular weight excluding hydrogens is 310 g/mol. The van der Waals surface area contributed by atoms with Crippen LogP contribution in [-0.2, 0) is 0 Å². The molecule has 0 saturated heterocycles. The number of aryl methyl sites for hydroxylation is 1. The summed E-state index contributed by atoms with van der Waals surface area (Å²) in [6.45, 7) is 1.80. The van der Waals surface area contributed by atoms with Gasteiger partial charge in [-0.2, -0.15) is 0 Å². The van der Waals surface area contributed by atoms with Crippen LogP contribution in [0.3, 0.4) is 0 Å². The van der Waals surface area contributed by atoms with Crippen molar-refractivity contribution in [2.45, 2.75) is 6.92 Å². The molecule has 0 amide bonds. The lowest BCUT2D eigenvalue weighted by Gasteiger charge is -2.06. The monoisotopic (exact) mass is 319 g/mol. The molecule has 7 heteroatoms. The number of H-pyrrole nitrogens is 1. The van der Waals surface area contributed by atoms with E-state index in [-0.39, 0.29) is 10.7 Å². The minimum absolute atomic E-state index is 0.0285. The van der Waals surface area contributed by atoms with Gasteiger partial charge in [-0.3, -0.25) is 9.78 Å². The first kappa shape index (κ1) is 13.8. The number of thiazole rings is 1. The molecule has 0 aliphatic rings. The fraction of sp³-hybridized carbons (Fsp3) is 0.0714. The van der Waals surface area contributed by atoms with Crippen LogP contribution in [0.1, 0.15) is 5.69 Å². The summed E-state index contributed by atoms with van der Waals surface area (Å²) in [6.07, 6.45) is 0. The molecule has 0 aliphatic carbocycles. The Balaban J connectivity index is 2.34. The Kier molecular flexibility index (Phi) is 3.48. The van der Waals surface area contributed by atoms with E-state index in [2.05, 4.69) is 9.97 Å². The molecule has 2 aromatic heterocycles. The molecular formula is C14H10ClN3O2S. The van der Waals surface area contributed by atoms with Crippen LogP contribution in [0.4, 0.5) is 0 Å². The first-order valence-corrected chi connectivity index (χ1v) is 7.36. The molecule has 106 valence electrons. The zero-order valence-corrected chi connectivity index (χ0v) is 12.5. The summed E-state index contributed by atoms with van der Waals surface area (Å²) in [5.74, 6) is 0. The Hall–Kier alpha value is -2.18. The minimum Gasteiger partial charge on any atom is -0.297 e. The average molecular weight is 320 g/mol. The fourth-order valence-corrected chi connectivity index (χ4v) is 3.05. The van der Waals surface area contributed by atoms with Crippen LogP contribution >= 0.6 is 22.9 Å². The second-order valence-corrected chi connectivity index (χ2v) is 5.61. The van der Waals surface area contributed by atoms with Crippen LogP contribution in [0.15, 0.2) is 45.3 Å². The molecule has 3 rings (SSSR count). The predicted molar refractivity (Wildman–Crippen MR) is 83.5 cm³/mol. The van der Waals surface area contributed by atoms with Crippen molar-refractivity contribution >= 4 is 22.9 Å². The zero-order chi connectivity index (χ0) is 15.0. The van der Waals surface area contributed by atoms with Crippen LogP contribution in [0, 0.1) is 6.92 Å². The Bertz CT molecular complexity index is 912. The zero-order valence-electron chi connectivity index (χ0n) is 11.0. The van der Waals surface area contributed by atoms with Gasteiger partial charge in [-0.1, -0.05) is 41.9 Å². The maximum atomic E-state index is 12.6. The normalized spacial score (nSPS) is 10.8. The van der Waals surface area contributed by atoms with Crippen LogP contribution < -0.4 is 11.2 Å². The molecule has 2 heterocycles. The molecule has 0 saturated carbocycles. The highest BCUT2D eigenvalue weighted by Gasteiger charge is 2.17. The van der Waals surface area contributed by atoms with Gasteiger partial charge in [0.05, 0.1) is 11.3 Å². The van der Waals surface area contributed by atoms with Gasteiger partial charge in [0, 0.05) is 5.38 Å². The van der Waals surface area contributed by atoms with Gasteiger partial charge >= 0.3 is 5.69 Å². The Morgan fingerprint density at radius 1 is 1.24 bits per heavy atom. The van der Waals surface area contributed by atoms with Gasteiger partial charge in [0.25, 0.3) is 5.56 Å². The van der Waals surface area contributed by atoms with E-state index in [1.54, 1.807) is 36.6 Å². The van der Waals surface area contributed by atoms with E-state index < -0.39 is 11.2 Å². The number of rotatable bonds is 2. The molecule has 0 aliphatic heterocycles. The Morgan fingerprint density at radius 2 is 1.95 bits per heavy atom. The maximum Gasteiger partial charge on any atom is 0.336 e. The van der Waals surface area contributed by atoms with Crippen molar-refractivity contribution < 1.29 is 0 Å².